The average molecular weight is 382 g/mol. The van der Waals surface area contributed by atoms with E-state index < -0.39 is 10.0 Å². The Balaban J connectivity index is 2.23. The van der Waals surface area contributed by atoms with Crippen molar-refractivity contribution < 1.29 is 8.42 Å². The summed E-state index contributed by atoms with van der Waals surface area (Å²) in [5, 5.41) is 0.305. The van der Waals surface area contributed by atoms with Gasteiger partial charge in [-0.15, -0.1) is 0 Å². The van der Waals surface area contributed by atoms with Crippen molar-refractivity contribution in [3.8, 4) is 0 Å². The van der Waals surface area contributed by atoms with Gasteiger partial charge in [0.1, 0.15) is 0 Å². The molecule has 7 heteroatoms. The van der Waals surface area contributed by atoms with Gasteiger partial charge in [-0.25, -0.2) is 13.1 Å². The van der Waals surface area contributed by atoms with Crippen molar-refractivity contribution in [1.82, 2.24) is 4.72 Å². The quantitative estimate of drug-likeness (QED) is 0.766. The van der Waals surface area contributed by atoms with E-state index in [2.05, 4.69) is 27.6 Å². The fourth-order valence-electron chi connectivity index (χ4n) is 2.44. The molecular formula is C13H18BrClN2O2S. The lowest BCUT2D eigenvalue weighted by Crippen LogP contribution is -2.41. The molecule has 0 unspecified atom stereocenters. The summed E-state index contributed by atoms with van der Waals surface area (Å²) in [6.07, 6.45) is 4.30. The third kappa shape index (κ3) is 3.13. The molecule has 0 bridgehead atoms. The fourth-order valence-corrected chi connectivity index (χ4v) is 4.89. The number of anilines is 1. The molecule has 1 aromatic rings. The largest absolute Gasteiger partial charge is 0.398 e. The minimum atomic E-state index is -3.62. The first-order valence-electron chi connectivity index (χ1n) is 6.54. The monoisotopic (exact) mass is 380 g/mol. The molecule has 1 aliphatic carbocycles. The van der Waals surface area contributed by atoms with Crippen LogP contribution >= 0.6 is 27.5 Å². The van der Waals surface area contributed by atoms with E-state index in [0.717, 1.165) is 19.3 Å². The Morgan fingerprint density at radius 3 is 2.60 bits per heavy atom. The smallest absolute Gasteiger partial charge is 0.241 e. The van der Waals surface area contributed by atoms with Crippen molar-refractivity contribution in [2.75, 3.05) is 12.3 Å². The number of rotatable bonds is 5. The first kappa shape index (κ1) is 16.1. The molecule has 112 valence electrons. The second-order valence-electron chi connectivity index (χ2n) is 5.34. The summed E-state index contributed by atoms with van der Waals surface area (Å²) in [7, 11) is -3.62. The Hall–Kier alpha value is -0.300. The Kier molecular flexibility index (Phi) is 4.69. The fraction of sp³-hybridized carbons (Fsp3) is 0.538. The van der Waals surface area contributed by atoms with Gasteiger partial charge in [0.15, 0.2) is 0 Å². The van der Waals surface area contributed by atoms with E-state index in [9.17, 15) is 8.42 Å². The lowest BCUT2D eigenvalue weighted by atomic mass is 9.67. The van der Waals surface area contributed by atoms with Gasteiger partial charge >= 0.3 is 0 Å². The van der Waals surface area contributed by atoms with Gasteiger partial charge < -0.3 is 5.73 Å². The van der Waals surface area contributed by atoms with Gasteiger partial charge in [-0.3, -0.25) is 0 Å². The van der Waals surface area contributed by atoms with Crippen molar-refractivity contribution in [1.29, 1.82) is 0 Å². The van der Waals surface area contributed by atoms with Gasteiger partial charge in [-0.05, 0) is 52.7 Å². The molecule has 1 aliphatic rings. The molecule has 1 fully saturated rings. The number of sulfonamides is 1. The van der Waals surface area contributed by atoms with Crippen LogP contribution in [-0.2, 0) is 10.0 Å². The van der Waals surface area contributed by atoms with E-state index in [1.807, 2.05) is 0 Å². The topological polar surface area (TPSA) is 72.2 Å². The lowest BCUT2D eigenvalue weighted by Gasteiger charge is -2.41. The first-order valence-corrected chi connectivity index (χ1v) is 9.19. The SMILES string of the molecule is CCC1(CNS(=O)(=O)c2cc(Cl)cc(N)c2Br)CCC1. The number of nitrogens with two attached hydrogens (primary N) is 1. The molecule has 1 aromatic carbocycles. The zero-order valence-electron chi connectivity index (χ0n) is 11.2. The maximum atomic E-state index is 12.4. The Labute approximate surface area is 133 Å². The standard InChI is InChI=1S/C13H18BrClN2O2S/c1-2-13(4-3-5-13)8-17-20(18,19)11-7-9(15)6-10(16)12(11)14/h6-7,17H,2-5,8,16H2,1H3. The van der Waals surface area contributed by atoms with Crippen molar-refractivity contribution >= 4 is 43.2 Å². The second kappa shape index (κ2) is 5.83. The summed E-state index contributed by atoms with van der Waals surface area (Å²) in [5.41, 5.74) is 6.17. The minimum Gasteiger partial charge on any atom is -0.398 e. The molecule has 0 spiro atoms. The van der Waals surface area contributed by atoms with Gasteiger partial charge in [-0.1, -0.05) is 24.9 Å². The summed E-state index contributed by atoms with van der Waals surface area (Å²) in [5.74, 6) is 0. The molecule has 0 amide bonds. The van der Waals surface area contributed by atoms with E-state index in [1.54, 1.807) is 0 Å². The van der Waals surface area contributed by atoms with E-state index >= 15 is 0 Å². The molecule has 3 N–H and O–H groups in total. The molecule has 0 aromatic heterocycles. The van der Waals surface area contributed by atoms with Crippen LogP contribution in [0.15, 0.2) is 21.5 Å². The summed E-state index contributed by atoms with van der Waals surface area (Å²) in [6, 6.07) is 2.92. The second-order valence-corrected chi connectivity index (χ2v) is 8.30. The van der Waals surface area contributed by atoms with E-state index in [-0.39, 0.29) is 10.3 Å². The number of hydrogen-bond acceptors (Lipinski definition) is 3. The maximum absolute atomic E-state index is 12.4. The molecular weight excluding hydrogens is 364 g/mol. The number of hydrogen-bond donors (Lipinski definition) is 2. The van der Waals surface area contributed by atoms with E-state index in [4.69, 9.17) is 17.3 Å². The average Bonchev–Trinajstić information content (AvgIpc) is 2.32. The highest BCUT2D eigenvalue weighted by Crippen LogP contribution is 2.43. The zero-order chi connectivity index (χ0) is 15.0. The number of nitrogens with one attached hydrogen (secondary N) is 1. The molecule has 0 radical (unpaired) electrons. The highest BCUT2D eigenvalue weighted by atomic mass is 79.9. The van der Waals surface area contributed by atoms with Crippen molar-refractivity contribution in [2.24, 2.45) is 5.41 Å². The van der Waals surface area contributed by atoms with Gasteiger partial charge in [0.25, 0.3) is 0 Å². The Morgan fingerprint density at radius 2 is 2.10 bits per heavy atom. The van der Waals surface area contributed by atoms with Crippen molar-refractivity contribution in [2.45, 2.75) is 37.5 Å². The summed E-state index contributed by atoms with van der Waals surface area (Å²) < 4.78 is 27.9. The van der Waals surface area contributed by atoms with E-state index in [0.29, 0.717) is 21.7 Å². The van der Waals surface area contributed by atoms with Gasteiger partial charge in [0, 0.05) is 17.3 Å². The molecule has 0 saturated heterocycles. The Bertz CT molecular complexity index is 610. The van der Waals surface area contributed by atoms with Crippen LogP contribution in [0.1, 0.15) is 32.6 Å². The lowest BCUT2D eigenvalue weighted by molar-refractivity contribution is 0.133. The number of nitrogen functional groups attached to an aromatic ring is 1. The van der Waals surface area contributed by atoms with Crippen LogP contribution in [0.5, 0.6) is 0 Å². The van der Waals surface area contributed by atoms with Crippen LogP contribution in [0.2, 0.25) is 5.02 Å². The van der Waals surface area contributed by atoms with Gasteiger partial charge in [0.2, 0.25) is 10.0 Å². The molecule has 2 rings (SSSR count). The van der Waals surface area contributed by atoms with Crippen molar-refractivity contribution in [3.05, 3.63) is 21.6 Å². The molecule has 1 saturated carbocycles. The van der Waals surface area contributed by atoms with Crippen LogP contribution in [0.25, 0.3) is 0 Å². The first-order chi connectivity index (χ1) is 9.30. The van der Waals surface area contributed by atoms with E-state index in [1.165, 1.54) is 18.6 Å². The number of halogens is 2. The molecule has 0 aliphatic heterocycles. The predicted molar refractivity (Wildman–Crippen MR) is 85.3 cm³/mol. The third-order valence-corrected chi connectivity index (χ3v) is 6.91. The van der Waals surface area contributed by atoms with Crippen LogP contribution in [0.3, 0.4) is 0 Å². The van der Waals surface area contributed by atoms with Gasteiger partial charge in [0.05, 0.1) is 9.37 Å². The van der Waals surface area contributed by atoms with Crippen LogP contribution in [0.4, 0.5) is 5.69 Å². The molecule has 20 heavy (non-hydrogen) atoms. The van der Waals surface area contributed by atoms with Gasteiger partial charge in [-0.2, -0.15) is 0 Å². The van der Waals surface area contributed by atoms with Crippen LogP contribution in [0, 0.1) is 5.41 Å². The molecule has 0 atom stereocenters. The van der Waals surface area contributed by atoms with Crippen LogP contribution in [-0.4, -0.2) is 15.0 Å². The Morgan fingerprint density at radius 1 is 1.45 bits per heavy atom. The van der Waals surface area contributed by atoms with Crippen LogP contribution < -0.4 is 10.5 Å². The minimum absolute atomic E-state index is 0.0908. The van der Waals surface area contributed by atoms with Crippen molar-refractivity contribution in [3.63, 3.8) is 0 Å². The summed E-state index contributed by atoms with van der Waals surface area (Å²) in [4.78, 5) is 0.0908. The third-order valence-electron chi connectivity index (χ3n) is 4.12. The predicted octanol–water partition coefficient (Wildman–Crippen LogP) is 3.54. The maximum Gasteiger partial charge on any atom is 0.241 e. The number of benzene rings is 1. The zero-order valence-corrected chi connectivity index (χ0v) is 14.4. The highest BCUT2D eigenvalue weighted by molar-refractivity contribution is 9.10. The summed E-state index contributed by atoms with van der Waals surface area (Å²) >= 11 is 9.11. The normalized spacial score (nSPS) is 17.8. The highest BCUT2D eigenvalue weighted by Gasteiger charge is 2.36. The summed E-state index contributed by atoms with van der Waals surface area (Å²) in [6.45, 7) is 2.56. The molecule has 0 heterocycles. The molecule has 4 nitrogen and oxygen atoms in total.